The molecule has 0 saturated carbocycles. The normalized spacial score (nSPS) is 10.7. The van der Waals surface area contributed by atoms with Crippen LogP contribution in [0.25, 0.3) is 0 Å². The molecule has 1 rings (SSSR count). The molecule has 0 heterocycles. The van der Waals surface area contributed by atoms with E-state index in [0.717, 1.165) is 31.6 Å². The fourth-order valence-corrected chi connectivity index (χ4v) is 2.96. The van der Waals surface area contributed by atoms with Gasteiger partial charge in [0.15, 0.2) is 0 Å². The lowest BCUT2D eigenvalue weighted by atomic mass is 10.1. The number of rotatable bonds is 14. The van der Waals surface area contributed by atoms with E-state index < -0.39 is 0 Å². The lowest BCUT2D eigenvalue weighted by Gasteiger charge is -2.25. The standard InChI is InChI=1S/C22H38N2O/c1-4-7-10-11-12-16-22(25)23-20-14-13-15-21(19-20)24(17-8-5-2)18-9-6-3/h13-15,19H,4-12,16-18H2,1-3H3,(H,23,25). The Hall–Kier alpha value is -1.51. The smallest absolute Gasteiger partial charge is 0.224 e. The molecule has 1 N–H and O–H groups in total. The Labute approximate surface area is 155 Å². The summed E-state index contributed by atoms with van der Waals surface area (Å²) in [4.78, 5) is 14.6. The van der Waals surface area contributed by atoms with Crippen molar-refractivity contribution in [1.82, 2.24) is 0 Å². The molecule has 1 aromatic carbocycles. The van der Waals surface area contributed by atoms with Gasteiger partial charge in [-0.1, -0.05) is 65.4 Å². The SMILES string of the molecule is CCCCCCCC(=O)Nc1cccc(N(CCCC)CCCC)c1. The van der Waals surface area contributed by atoms with Crippen molar-refractivity contribution >= 4 is 17.3 Å². The number of amides is 1. The third-order valence-corrected chi connectivity index (χ3v) is 4.57. The van der Waals surface area contributed by atoms with E-state index in [9.17, 15) is 4.79 Å². The van der Waals surface area contributed by atoms with Crippen LogP contribution in [0.4, 0.5) is 11.4 Å². The van der Waals surface area contributed by atoms with E-state index in [1.54, 1.807) is 0 Å². The van der Waals surface area contributed by atoms with Crippen LogP contribution in [0, 0.1) is 0 Å². The van der Waals surface area contributed by atoms with Crippen LogP contribution in [0.3, 0.4) is 0 Å². The van der Waals surface area contributed by atoms with Crippen molar-refractivity contribution in [1.29, 1.82) is 0 Å². The summed E-state index contributed by atoms with van der Waals surface area (Å²) >= 11 is 0. The highest BCUT2D eigenvalue weighted by Gasteiger charge is 2.08. The first-order valence-corrected chi connectivity index (χ1v) is 10.4. The average Bonchev–Trinajstić information content (AvgIpc) is 2.62. The van der Waals surface area contributed by atoms with Crippen molar-refractivity contribution in [3.63, 3.8) is 0 Å². The second kappa shape index (κ2) is 13.7. The number of nitrogens with one attached hydrogen (secondary N) is 1. The van der Waals surface area contributed by atoms with Crippen molar-refractivity contribution in [2.75, 3.05) is 23.3 Å². The number of hydrogen-bond acceptors (Lipinski definition) is 2. The molecule has 0 unspecified atom stereocenters. The Morgan fingerprint density at radius 3 is 2.16 bits per heavy atom. The maximum absolute atomic E-state index is 12.1. The number of anilines is 2. The molecule has 1 amide bonds. The lowest BCUT2D eigenvalue weighted by molar-refractivity contribution is -0.116. The molecule has 25 heavy (non-hydrogen) atoms. The van der Waals surface area contributed by atoms with E-state index in [1.165, 1.54) is 50.6 Å². The minimum Gasteiger partial charge on any atom is -0.371 e. The van der Waals surface area contributed by atoms with E-state index >= 15 is 0 Å². The second-order valence-electron chi connectivity index (χ2n) is 6.96. The molecule has 0 radical (unpaired) electrons. The Balaban J connectivity index is 2.54. The van der Waals surface area contributed by atoms with Gasteiger partial charge in [-0.25, -0.2) is 0 Å². The van der Waals surface area contributed by atoms with Gasteiger partial charge in [-0.15, -0.1) is 0 Å². The van der Waals surface area contributed by atoms with Gasteiger partial charge in [-0.3, -0.25) is 4.79 Å². The van der Waals surface area contributed by atoms with E-state index in [1.807, 2.05) is 6.07 Å². The Kier molecular flexibility index (Phi) is 11.8. The van der Waals surface area contributed by atoms with Crippen molar-refractivity contribution in [2.24, 2.45) is 0 Å². The molecule has 0 aliphatic carbocycles. The molecule has 0 fully saturated rings. The molecular formula is C22H38N2O. The molecule has 1 aromatic rings. The van der Waals surface area contributed by atoms with Crippen LogP contribution in [0.15, 0.2) is 24.3 Å². The van der Waals surface area contributed by atoms with Crippen molar-refractivity contribution < 1.29 is 4.79 Å². The maximum atomic E-state index is 12.1. The molecule has 0 atom stereocenters. The quantitative estimate of drug-likeness (QED) is 0.396. The summed E-state index contributed by atoms with van der Waals surface area (Å²) < 4.78 is 0. The highest BCUT2D eigenvalue weighted by molar-refractivity contribution is 5.91. The van der Waals surface area contributed by atoms with Gasteiger partial charge < -0.3 is 10.2 Å². The van der Waals surface area contributed by atoms with E-state index in [4.69, 9.17) is 0 Å². The Morgan fingerprint density at radius 2 is 1.52 bits per heavy atom. The van der Waals surface area contributed by atoms with Gasteiger partial charge in [-0.05, 0) is 37.5 Å². The number of hydrogen-bond donors (Lipinski definition) is 1. The number of unbranched alkanes of at least 4 members (excludes halogenated alkanes) is 6. The first kappa shape index (κ1) is 21.5. The molecule has 3 nitrogen and oxygen atoms in total. The van der Waals surface area contributed by atoms with E-state index in [-0.39, 0.29) is 5.91 Å². The highest BCUT2D eigenvalue weighted by Crippen LogP contribution is 2.21. The van der Waals surface area contributed by atoms with Crippen LogP contribution in [-0.2, 0) is 4.79 Å². The van der Waals surface area contributed by atoms with Crippen molar-refractivity contribution in [3.05, 3.63) is 24.3 Å². The molecule has 0 aromatic heterocycles. The highest BCUT2D eigenvalue weighted by atomic mass is 16.1. The van der Waals surface area contributed by atoms with Crippen LogP contribution in [0.1, 0.15) is 85.0 Å². The third kappa shape index (κ3) is 9.52. The molecule has 0 saturated heterocycles. The second-order valence-corrected chi connectivity index (χ2v) is 6.96. The van der Waals surface area contributed by atoms with Gasteiger partial charge in [0.25, 0.3) is 0 Å². The fourth-order valence-electron chi connectivity index (χ4n) is 2.96. The molecule has 3 heteroatoms. The molecule has 0 aliphatic heterocycles. The van der Waals surface area contributed by atoms with Crippen molar-refractivity contribution in [3.8, 4) is 0 Å². The molecule has 0 aliphatic rings. The largest absolute Gasteiger partial charge is 0.371 e. The summed E-state index contributed by atoms with van der Waals surface area (Å²) in [5.41, 5.74) is 2.15. The zero-order valence-corrected chi connectivity index (χ0v) is 16.7. The monoisotopic (exact) mass is 346 g/mol. The van der Waals surface area contributed by atoms with Crippen LogP contribution in [-0.4, -0.2) is 19.0 Å². The van der Waals surface area contributed by atoms with Gasteiger partial charge in [0.05, 0.1) is 0 Å². The fraction of sp³-hybridized carbons (Fsp3) is 0.682. The van der Waals surface area contributed by atoms with Gasteiger partial charge in [-0.2, -0.15) is 0 Å². The van der Waals surface area contributed by atoms with Gasteiger partial charge in [0.1, 0.15) is 0 Å². The Morgan fingerprint density at radius 1 is 0.880 bits per heavy atom. The van der Waals surface area contributed by atoms with E-state index in [2.05, 4.69) is 49.2 Å². The number of carbonyl (C=O) groups excluding carboxylic acids is 1. The third-order valence-electron chi connectivity index (χ3n) is 4.57. The van der Waals surface area contributed by atoms with Crippen LogP contribution in [0.5, 0.6) is 0 Å². The van der Waals surface area contributed by atoms with Crippen molar-refractivity contribution in [2.45, 2.75) is 85.0 Å². The predicted octanol–water partition coefficient (Wildman–Crippen LogP) is 6.39. The zero-order chi connectivity index (χ0) is 18.3. The molecular weight excluding hydrogens is 308 g/mol. The first-order valence-electron chi connectivity index (χ1n) is 10.4. The predicted molar refractivity (Wildman–Crippen MR) is 110 cm³/mol. The van der Waals surface area contributed by atoms with Crippen LogP contribution in [0.2, 0.25) is 0 Å². The van der Waals surface area contributed by atoms with E-state index in [0.29, 0.717) is 6.42 Å². The maximum Gasteiger partial charge on any atom is 0.224 e. The van der Waals surface area contributed by atoms with Gasteiger partial charge in [0, 0.05) is 30.9 Å². The number of nitrogens with zero attached hydrogens (tertiary/aromatic N) is 1. The number of benzene rings is 1. The molecule has 0 bridgehead atoms. The average molecular weight is 347 g/mol. The topological polar surface area (TPSA) is 32.3 Å². The van der Waals surface area contributed by atoms with Gasteiger partial charge in [0.2, 0.25) is 5.91 Å². The summed E-state index contributed by atoms with van der Waals surface area (Å²) in [5, 5.41) is 3.07. The first-order chi connectivity index (χ1) is 12.2. The molecule has 0 spiro atoms. The Bertz CT molecular complexity index is 465. The number of carbonyl (C=O) groups is 1. The summed E-state index contributed by atoms with van der Waals surface area (Å²) in [7, 11) is 0. The van der Waals surface area contributed by atoms with Gasteiger partial charge >= 0.3 is 0 Å². The summed E-state index contributed by atoms with van der Waals surface area (Å²) in [5.74, 6) is 0.141. The minimum absolute atomic E-state index is 0.141. The summed E-state index contributed by atoms with van der Waals surface area (Å²) in [6.45, 7) is 8.85. The minimum atomic E-state index is 0.141. The van der Waals surface area contributed by atoms with Crippen LogP contribution >= 0.6 is 0 Å². The lowest BCUT2D eigenvalue weighted by Crippen LogP contribution is -2.25. The summed E-state index contributed by atoms with van der Waals surface area (Å²) in [6.07, 6.45) is 11.4. The summed E-state index contributed by atoms with van der Waals surface area (Å²) in [6, 6.07) is 8.33. The zero-order valence-electron chi connectivity index (χ0n) is 16.7. The van der Waals surface area contributed by atoms with Crippen LogP contribution < -0.4 is 10.2 Å². The molecule has 142 valence electrons.